The number of H-pyrrole nitrogens is 1. The fourth-order valence-corrected chi connectivity index (χ4v) is 3.84. The Morgan fingerprint density at radius 3 is 3.25 bits per heavy atom. The van der Waals surface area contributed by atoms with Crippen LogP contribution < -0.4 is 10.2 Å². The molecular weight excluding hydrogens is 324 g/mol. The molecule has 0 aliphatic carbocycles. The molecule has 8 heteroatoms. The number of thiophene rings is 1. The summed E-state index contributed by atoms with van der Waals surface area (Å²) in [5, 5.41) is 13.0. The zero-order valence-electron chi connectivity index (χ0n) is 13.3. The number of carbonyl (C=O) groups excluding carboxylic acids is 1. The van der Waals surface area contributed by atoms with Gasteiger partial charge in [0.05, 0.1) is 5.39 Å². The Labute approximate surface area is 143 Å². The predicted molar refractivity (Wildman–Crippen MR) is 94.4 cm³/mol. The summed E-state index contributed by atoms with van der Waals surface area (Å²) in [6.45, 7) is 2.86. The van der Waals surface area contributed by atoms with Gasteiger partial charge in [0.15, 0.2) is 5.82 Å². The van der Waals surface area contributed by atoms with E-state index in [2.05, 4.69) is 30.4 Å². The van der Waals surface area contributed by atoms with Crippen molar-refractivity contribution in [1.29, 1.82) is 0 Å². The summed E-state index contributed by atoms with van der Waals surface area (Å²) >= 11 is 1.59. The van der Waals surface area contributed by atoms with Gasteiger partial charge in [-0.15, -0.1) is 11.3 Å². The van der Waals surface area contributed by atoms with Crippen molar-refractivity contribution in [1.82, 2.24) is 20.2 Å². The van der Waals surface area contributed by atoms with Gasteiger partial charge < -0.3 is 10.2 Å². The molecule has 0 radical (unpaired) electrons. The van der Waals surface area contributed by atoms with Crippen LogP contribution in [-0.4, -0.2) is 38.7 Å². The molecule has 0 spiro atoms. The van der Waals surface area contributed by atoms with E-state index < -0.39 is 0 Å². The highest BCUT2D eigenvalue weighted by atomic mass is 32.1. The van der Waals surface area contributed by atoms with Gasteiger partial charge in [0.1, 0.15) is 23.0 Å². The fraction of sp³-hybridized carbons (Fsp3) is 0.375. The summed E-state index contributed by atoms with van der Waals surface area (Å²) in [5.74, 6) is 1.38. The maximum absolute atomic E-state index is 12.7. The molecule has 1 fully saturated rings. The third-order valence-corrected chi connectivity index (χ3v) is 5.15. The molecule has 1 aliphatic heterocycles. The normalized spacial score (nSPS) is 17.5. The molecule has 24 heavy (non-hydrogen) atoms. The van der Waals surface area contributed by atoms with E-state index >= 15 is 0 Å². The van der Waals surface area contributed by atoms with Gasteiger partial charge in [-0.25, -0.2) is 9.97 Å². The first kappa shape index (κ1) is 15.1. The first-order chi connectivity index (χ1) is 11.8. The highest BCUT2D eigenvalue weighted by Gasteiger charge is 2.33. The lowest BCUT2D eigenvalue weighted by atomic mass is 10.2. The average Bonchev–Trinajstić information content (AvgIpc) is 3.33. The largest absolute Gasteiger partial charge is 0.344 e. The van der Waals surface area contributed by atoms with E-state index in [0.29, 0.717) is 5.82 Å². The summed E-state index contributed by atoms with van der Waals surface area (Å²) in [4.78, 5) is 24.5. The van der Waals surface area contributed by atoms with Crippen LogP contribution in [0.25, 0.3) is 10.2 Å². The number of fused-ring (bicyclic) bond motifs is 1. The Hall–Kier alpha value is -2.48. The smallest absolute Gasteiger partial charge is 0.248 e. The molecule has 0 saturated carbocycles. The lowest BCUT2D eigenvalue weighted by Gasteiger charge is -2.24. The molecule has 0 unspecified atom stereocenters. The second-order valence-corrected chi connectivity index (χ2v) is 6.70. The first-order valence-electron chi connectivity index (χ1n) is 8.06. The lowest BCUT2D eigenvalue weighted by Crippen LogP contribution is -2.40. The van der Waals surface area contributed by atoms with Crippen molar-refractivity contribution >= 4 is 39.1 Å². The van der Waals surface area contributed by atoms with Gasteiger partial charge in [0.25, 0.3) is 0 Å². The average molecular weight is 342 g/mol. The molecule has 3 aromatic heterocycles. The summed E-state index contributed by atoms with van der Waals surface area (Å²) in [5.41, 5.74) is 1.00. The number of anilines is 2. The van der Waals surface area contributed by atoms with Crippen LogP contribution in [0.4, 0.5) is 11.6 Å². The predicted octanol–water partition coefficient (Wildman–Crippen LogP) is 2.58. The molecule has 1 aliphatic rings. The number of aryl methyl sites for hydroxylation is 1. The standard InChI is InChI=1S/C16H18N6OS/c1-2-10-8-13(21-20-10)19-15(23)12-4-3-6-22(12)14-11-5-7-24-16(11)18-9-17-14/h5,7-9,12H,2-4,6H2,1H3,(H2,19,20,21,23)/t12-/m0/s1. The van der Waals surface area contributed by atoms with Crippen molar-refractivity contribution in [2.45, 2.75) is 32.2 Å². The quantitative estimate of drug-likeness (QED) is 0.761. The Bertz CT molecular complexity index is 872. The number of amides is 1. The number of hydrogen-bond acceptors (Lipinski definition) is 6. The van der Waals surface area contributed by atoms with E-state index in [1.807, 2.05) is 24.4 Å². The van der Waals surface area contributed by atoms with Gasteiger partial charge in [-0.3, -0.25) is 9.89 Å². The summed E-state index contributed by atoms with van der Waals surface area (Å²) in [6.07, 6.45) is 4.21. The van der Waals surface area contributed by atoms with Crippen molar-refractivity contribution < 1.29 is 4.79 Å². The van der Waals surface area contributed by atoms with E-state index in [4.69, 9.17) is 0 Å². The number of aromatic amines is 1. The molecule has 3 aromatic rings. The molecule has 124 valence electrons. The maximum atomic E-state index is 12.7. The van der Waals surface area contributed by atoms with Crippen LogP contribution in [-0.2, 0) is 11.2 Å². The summed E-state index contributed by atoms with van der Waals surface area (Å²) < 4.78 is 0. The Kier molecular flexibility index (Phi) is 3.89. The fourth-order valence-electron chi connectivity index (χ4n) is 3.11. The number of aromatic nitrogens is 4. The van der Waals surface area contributed by atoms with Crippen molar-refractivity contribution in [2.75, 3.05) is 16.8 Å². The van der Waals surface area contributed by atoms with Gasteiger partial charge in [0, 0.05) is 18.3 Å². The minimum atomic E-state index is -0.232. The molecule has 1 atom stereocenters. The summed E-state index contributed by atoms with van der Waals surface area (Å²) in [6, 6.07) is 3.66. The van der Waals surface area contributed by atoms with Gasteiger partial charge in [-0.05, 0) is 30.7 Å². The number of carbonyl (C=O) groups is 1. The lowest BCUT2D eigenvalue weighted by molar-refractivity contribution is -0.117. The van der Waals surface area contributed by atoms with E-state index in [1.165, 1.54) is 0 Å². The number of rotatable bonds is 4. The zero-order valence-corrected chi connectivity index (χ0v) is 14.1. The molecular formula is C16H18N6OS. The molecule has 2 N–H and O–H groups in total. The number of hydrogen-bond donors (Lipinski definition) is 2. The molecule has 1 amide bonds. The summed E-state index contributed by atoms with van der Waals surface area (Å²) in [7, 11) is 0. The van der Waals surface area contributed by atoms with Crippen molar-refractivity contribution in [3.05, 3.63) is 29.5 Å². The molecule has 4 heterocycles. The molecule has 1 saturated heterocycles. The second kappa shape index (κ2) is 6.20. The van der Waals surface area contributed by atoms with E-state index in [-0.39, 0.29) is 11.9 Å². The van der Waals surface area contributed by atoms with Crippen LogP contribution >= 0.6 is 11.3 Å². The van der Waals surface area contributed by atoms with Crippen LogP contribution in [0.2, 0.25) is 0 Å². The molecule has 0 bridgehead atoms. The maximum Gasteiger partial charge on any atom is 0.248 e. The molecule has 0 aromatic carbocycles. The van der Waals surface area contributed by atoms with Gasteiger partial charge in [-0.2, -0.15) is 5.10 Å². The van der Waals surface area contributed by atoms with Crippen LogP contribution in [0.3, 0.4) is 0 Å². The Balaban J connectivity index is 1.58. The van der Waals surface area contributed by atoms with Crippen molar-refractivity contribution in [3.8, 4) is 0 Å². The third-order valence-electron chi connectivity index (χ3n) is 4.33. The Morgan fingerprint density at radius 2 is 2.42 bits per heavy atom. The van der Waals surface area contributed by atoms with E-state index in [0.717, 1.165) is 47.5 Å². The number of nitrogens with one attached hydrogen (secondary N) is 2. The zero-order chi connectivity index (χ0) is 16.5. The van der Waals surface area contributed by atoms with E-state index in [1.54, 1.807) is 17.7 Å². The van der Waals surface area contributed by atoms with Gasteiger partial charge in [-0.1, -0.05) is 6.92 Å². The van der Waals surface area contributed by atoms with Crippen molar-refractivity contribution in [3.63, 3.8) is 0 Å². The Morgan fingerprint density at radius 1 is 1.50 bits per heavy atom. The monoisotopic (exact) mass is 342 g/mol. The molecule has 7 nitrogen and oxygen atoms in total. The highest BCUT2D eigenvalue weighted by Crippen LogP contribution is 2.32. The highest BCUT2D eigenvalue weighted by molar-refractivity contribution is 7.16. The van der Waals surface area contributed by atoms with Crippen molar-refractivity contribution in [2.24, 2.45) is 0 Å². The first-order valence-corrected chi connectivity index (χ1v) is 8.94. The second-order valence-electron chi connectivity index (χ2n) is 5.81. The van der Waals surface area contributed by atoms with E-state index in [9.17, 15) is 4.79 Å². The van der Waals surface area contributed by atoms with Gasteiger partial charge >= 0.3 is 0 Å². The minimum Gasteiger partial charge on any atom is -0.344 e. The van der Waals surface area contributed by atoms with Crippen LogP contribution in [0.1, 0.15) is 25.5 Å². The van der Waals surface area contributed by atoms with Crippen LogP contribution in [0.15, 0.2) is 23.8 Å². The topological polar surface area (TPSA) is 86.8 Å². The van der Waals surface area contributed by atoms with Crippen LogP contribution in [0, 0.1) is 0 Å². The molecule has 4 rings (SSSR count). The third kappa shape index (κ3) is 2.62. The SMILES string of the molecule is CCc1cc(NC(=O)[C@@H]2CCCN2c2ncnc3sccc23)n[nH]1. The van der Waals surface area contributed by atoms with Crippen LogP contribution in [0.5, 0.6) is 0 Å². The van der Waals surface area contributed by atoms with Gasteiger partial charge in [0.2, 0.25) is 5.91 Å². The minimum absolute atomic E-state index is 0.0383. The number of nitrogens with zero attached hydrogens (tertiary/aromatic N) is 4.